The highest BCUT2D eigenvalue weighted by Crippen LogP contribution is 2.28. The average Bonchev–Trinajstić information content (AvgIpc) is 2.39. The zero-order valence-electron chi connectivity index (χ0n) is 11.0. The fraction of sp³-hybridized carbons (Fsp3) is 0.133. The lowest BCUT2D eigenvalue weighted by molar-refractivity contribution is 0.338. The summed E-state index contributed by atoms with van der Waals surface area (Å²) in [6, 6.07) is 12.7. The monoisotopic (exact) mass is 334 g/mol. The quantitative estimate of drug-likeness (QED) is 0.643. The second-order valence-electron chi connectivity index (χ2n) is 4.07. The maximum absolute atomic E-state index is 7.43. The summed E-state index contributed by atoms with van der Waals surface area (Å²) in [7, 11) is 0. The number of hydrogen-bond donors (Lipinski definition) is 2. The predicted molar refractivity (Wildman–Crippen MR) is 82.8 cm³/mol. The molecule has 0 atom stereocenters. The van der Waals surface area contributed by atoms with E-state index < -0.39 is 0 Å². The van der Waals surface area contributed by atoms with Gasteiger partial charge in [0, 0.05) is 16.1 Å². The molecule has 2 aromatic rings. The van der Waals surface area contributed by atoms with E-state index >= 15 is 0 Å². The molecule has 2 aromatic carbocycles. The minimum absolute atomic E-state index is 0.0155. The molecule has 0 radical (unpaired) electrons. The molecule has 0 spiro atoms. The van der Waals surface area contributed by atoms with Gasteiger partial charge in [-0.2, -0.15) is 0 Å². The van der Waals surface area contributed by atoms with Crippen LogP contribution in [0, 0.1) is 5.41 Å². The number of hydrogen-bond acceptors (Lipinski definition) is 3. The van der Waals surface area contributed by atoms with Crippen molar-refractivity contribution < 1.29 is 9.47 Å². The molecule has 0 fully saturated rings. The number of halogens is 1. The van der Waals surface area contributed by atoms with Gasteiger partial charge >= 0.3 is 0 Å². The number of rotatable bonds is 5. The smallest absolute Gasteiger partial charge is 0.131 e. The molecule has 5 heteroatoms. The van der Waals surface area contributed by atoms with E-state index in [9.17, 15) is 0 Å². The lowest BCUT2D eigenvalue weighted by Crippen LogP contribution is -2.11. The van der Waals surface area contributed by atoms with Gasteiger partial charge in [0.15, 0.2) is 0 Å². The van der Waals surface area contributed by atoms with E-state index in [0.29, 0.717) is 23.7 Å². The van der Waals surface area contributed by atoms with Gasteiger partial charge in [-0.25, -0.2) is 0 Å². The number of ether oxygens (including phenoxy) is 2. The van der Waals surface area contributed by atoms with Gasteiger partial charge in [0.2, 0.25) is 0 Å². The summed E-state index contributed by atoms with van der Waals surface area (Å²) < 4.78 is 11.9. The molecule has 2 rings (SSSR count). The lowest BCUT2D eigenvalue weighted by atomic mass is 10.2. The van der Waals surface area contributed by atoms with E-state index in [1.165, 1.54) is 0 Å². The minimum Gasteiger partial charge on any atom is -0.494 e. The summed E-state index contributed by atoms with van der Waals surface area (Å²) in [6.45, 7) is 2.55. The van der Waals surface area contributed by atoms with Gasteiger partial charge in [-0.15, -0.1) is 0 Å². The highest BCUT2D eigenvalue weighted by molar-refractivity contribution is 9.10. The summed E-state index contributed by atoms with van der Waals surface area (Å²) >= 11 is 3.37. The number of amidine groups is 1. The molecule has 0 aliphatic heterocycles. The predicted octanol–water partition coefficient (Wildman–Crippen LogP) is 3.92. The van der Waals surface area contributed by atoms with Crippen LogP contribution in [0.5, 0.6) is 17.2 Å². The highest BCUT2D eigenvalue weighted by atomic mass is 79.9. The van der Waals surface area contributed by atoms with Crippen LogP contribution in [-0.4, -0.2) is 12.4 Å². The van der Waals surface area contributed by atoms with Crippen LogP contribution >= 0.6 is 15.9 Å². The zero-order chi connectivity index (χ0) is 14.5. The Balaban J connectivity index is 2.19. The van der Waals surface area contributed by atoms with Crippen molar-refractivity contribution in [2.75, 3.05) is 6.61 Å². The maximum atomic E-state index is 7.43. The molecular formula is C15H15BrN2O2. The van der Waals surface area contributed by atoms with Crippen LogP contribution in [0.15, 0.2) is 46.9 Å². The van der Waals surface area contributed by atoms with Crippen molar-refractivity contribution >= 4 is 21.8 Å². The SMILES string of the molecule is CCOc1cccc(Oc2ccc(C(=N)N)c(Br)c2)c1. The Bertz CT molecular complexity index is 629. The molecule has 104 valence electrons. The van der Waals surface area contributed by atoms with E-state index in [0.717, 1.165) is 10.2 Å². The summed E-state index contributed by atoms with van der Waals surface area (Å²) in [5, 5.41) is 7.43. The Morgan fingerprint density at radius 2 is 1.85 bits per heavy atom. The molecule has 0 aliphatic carbocycles. The van der Waals surface area contributed by atoms with E-state index in [1.54, 1.807) is 18.2 Å². The van der Waals surface area contributed by atoms with Gasteiger partial charge in [0.05, 0.1) is 6.61 Å². The van der Waals surface area contributed by atoms with Gasteiger partial charge in [0.1, 0.15) is 23.1 Å². The molecule has 20 heavy (non-hydrogen) atoms. The van der Waals surface area contributed by atoms with E-state index in [4.69, 9.17) is 20.6 Å². The molecule has 0 bridgehead atoms. The molecule has 0 aliphatic rings. The van der Waals surface area contributed by atoms with Crippen molar-refractivity contribution in [3.8, 4) is 17.2 Å². The van der Waals surface area contributed by atoms with Gasteiger partial charge in [-0.05, 0) is 53.2 Å². The first-order valence-electron chi connectivity index (χ1n) is 6.15. The van der Waals surface area contributed by atoms with Gasteiger partial charge in [-0.3, -0.25) is 5.41 Å². The molecule has 3 N–H and O–H groups in total. The summed E-state index contributed by atoms with van der Waals surface area (Å²) in [4.78, 5) is 0. The first-order valence-corrected chi connectivity index (χ1v) is 6.94. The number of benzene rings is 2. The topological polar surface area (TPSA) is 68.3 Å². The maximum Gasteiger partial charge on any atom is 0.131 e. The van der Waals surface area contributed by atoms with Crippen LogP contribution in [0.25, 0.3) is 0 Å². The molecule has 0 unspecified atom stereocenters. The van der Waals surface area contributed by atoms with Gasteiger partial charge in [0.25, 0.3) is 0 Å². The van der Waals surface area contributed by atoms with Crippen LogP contribution in [-0.2, 0) is 0 Å². The largest absolute Gasteiger partial charge is 0.494 e. The Morgan fingerprint density at radius 3 is 2.50 bits per heavy atom. The minimum atomic E-state index is 0.0155. The summed E-state index contributed by atoms with van der Waals surface area (Å²) in [6.07, 6.45) is 0. The van der Waals surface area contributed by atoms with Crippen molar-refractivity contribution in [1.82, 2.24) is 0 Å². The first-order chi connectivity index (χ1) is 9.60. The van der Waals surface area contributed by atoms with E-state index in [1.807, 2.05) is 31.2 Å². The standard InChI is InChI=1S/C15H15BrN2O2/c1-2-19-10-4-3-5-11(8-10)20-12-6-7-13(15(17)18)14(16)9-12/h3-9H,2H2,1H3,(H3,17,18). The fourth-order valence-corrected chi connectivity index (χ4v) is 2.28. The molecule has 4 nitrogen and oxygen atoms in total. The number of nitrogens with two attached hydrogens (primary N) is 1. The third-order valence-electron chi connectivity index (χ3n) is 2.58. The van der Waals surface area contributed by atoms with Crippen LogP contribution in [0.1, 0.15) is 12.5 Å². The normalized spacial score (nSPS) is 10.1. The highest BCUT2D eigenvalue weighted by Gasteiger charge is 2.06. The zero-order valence-corrected chi connectivity index (χ0v) is 12.6. The van der Waals surface area contributed by atoms with Crippen LogP contribution in [0.2, 0.25) is 0 Å². The van der Waals surface area contributed by atoms with Crippen LogP contribution in [0.3, 0.4) is 0 Å². The van der Waals surface area contributed by atoms with Crippen molar-refractivity contribution in [1.29, 1.82) is 5.41 Å². The second-order valence-corrected chi connectivity index (χ2v) is 4.92. The van der Waals surface area contributed by atoms with Crippen molar-refractivity contribution in [3.63, 3.8) is 0 Å². The molecule has 0 saturated carbocycles. The third kappa shape index (κ3) is 3.51. The first kappa shape index (κ1) is 14.4. The Kier molecular flexibility index (Phi) is 4.63. The Morgan fingerprint density at radius 1 is 1.15 bits per heavy atom. The number of nitrogen functional groups attached to an aromatic ring is 1. The lowest BCUT2D eigenvalue weighted by Gasteiger charge is -2.10. The van der Waals surface area contributed by atoms with E-state index in [-0.39, 0.29) is 5.84 Å². The second kappa shape index (κ2) is 6.43. The number of nitrogens with one attached hydrogen (secondary N) is 1. The van der Waals surface area contributed by atoms with Crippen molar-refractivity contribution in [3.05, 3.63) is 52.5 Å². The van der Waals surface area contributed by atoms with Crippen molar-refractivity contribution in [2.24, 2.45) is 5.73 Å². The van der Waals surface area contributed by atoms with Crippen LogP contribution < -0.4 is 15.2 Å². The molecule has 0 heterocycles. The molecule has 0 amide bonds. The average molecular weight is 335 g/mol. The van der Waals surface area contributed by atoms with Gasteiger partial charge in [-0.1, -0.05) is 6.07 Å². The van der Waals surface area contributed by atoms with E-state index in [2.05, 4.69) is 15.9 Å². The summed E-state index contributed by atoms with van der Waals surface area (Å²) in [5.74, 6) is 2.14. The molecule has 0 saturated heterocycles. The Labute approximate surface area is 126 Å². The van der Waals surface area contributed by atoms with Crippen LogP contribution in [0.4, 0.5) is 0 Å². The summed E-state index contributed by atoms with van der Waals surface area (Å²) in [5.41, 5.74) is 6.11. The van der Waals surface area contributed by atoms with Gasteiger partial charge < -0.3 is 15.2 Å². The third-order valence-corrected chi connectivity index (χ3v) is 3.24. The molecule has 0 aromatic heterocycles. The molecular weight excluding hydrogens is 320 g/mol. The fourth-order valence-electron chi connectivity index (χ4n) is 1.71. The Hall–Kier alpha value is -2.01. The van der Waals surface area contributed by atoms with Crippen molar-refractivity contribution in [2.45, 2.75) is 6.92 Å².